The number of halogens is 1. The molecule has 2 aromatic carbocycles. The average Bonchev–Trinajstić information content (AvgIpc) is 3.19. The van der Waals surface area contributed by atoms with Gasteiger partial charge in [0, 0.05) is 22.2 Å². The number of anilines is 1. The molecule has 1 aliphatic heterocycles. The monoisotopic (exact) mass is 443 g/mol. The SMILES string of the molecule is CC1=CC(C)(C)N(Cc2cn(Cc3cc4cc(C)ccc4nc3Cl)nn2)c2ccccc21. The Morgan fingerprint density at radius 1 is 1.00 bits per heavy atom. The van der Waals surface area contributed by atoms with Crippen molar-refractivity contribution >= 4 is 33.8 Å². The zero-order valence-corrected chi connectivity index (χ0v) is 19.6. The fourth-order valence-corrected chi connectivity index (χ4v) is 4.78. The van der Waals surface area contributed by atoms with Crippen LogP contribution in [-0.4, -0.2) is 25.5 Å². The highest BCUT2D eigenvalue weighted by Gasteiger charge is 2.31. The molecule has 0 saturated heterocycles. The van der Waals surface area contributed by atoms with Crippen molar-refractivity contribution < 1.29 is 0 Å². The molecular weight excluding hydrogens is 418 g/mol. The van der Waals surface area contributed by atoms with Gasteiger partial charge in [0.1, 0.15) is 10.8 Å². The fourth-order valence-electron chi connectivity index (χ4n) is 4.58. The van der Waals surface area contributed by atoms with Gasteiger partial charge in [0.15, 0.2) is 0 Å². The number of para-hydroxylation sites is 1. The quantitative estimate of drug-likeness (QED) is 0.361. The van der Waals surface area contributed by atoms with Gasteiger partial charge in [-0.05, 0) is 57.5 Å². The Morgan fingerprint density at radius 2 is 1.81 bits per heavy atom. The summed E-state index contributed by atoms with van der Waals surface area (Å²) >= 11 is 6.48. The molecule has 4 aromatic rings. The Labute approximate surface area is 193 Å². The average molecular weight is 444 g/mol. The standard InChI is InChI=1S/C26H26ClN5/c1-17-9-10-23-19(11-17)12-20(25(27)28-23)14-31-15-21(29-30-31)16-32-24-8-6-5-7-22(24)18(2)13-26(32,3)4/h5-13,15H,14,16H2,1-4H3. The third-order valence-corrected chi connectivity index (χ3v) is 6.45. The van der Waals surface area contributed by atoms with Crippen LogP contribution in [0.4, 0.5) is 5.69 Å². The van der Waals surface area contributed by atoms with E-state index in [1.165, 1.54) is 22.4 Å². The molecule has 0 N–H and O–H groups in total. The lowest BCUT2D eigenvalue weighted by Gasteiger charge is -2.42. The summed E-state index contributed by atoms with van der Waals surface area (Å²) in [5.74, 6) is 0. The van der Waals surface area contributed by atoms with Gasteiger partial charge in [-0.2, -0.15) is 0 Å². The molecule has 0 saturated carbocycles. The molecule has 0 atom stereocenters. The van der Waals surface area contributed by atoms with E-state index >= 15 is 0 Å². The lowest BCUT2D eigenvalue weighted by molar-refractivity contribution is 0.547. The lowest BCUT2D eigenvalue weighted by Crippen LogP contribution is -2.44. The topological polar surface area (TPSA) is 46.8 Å². The number of benzene rings is 2. The molecule has 1 aliphatic rings. The number of aromatic nitrogens is 4. The molecule has 0 fully saturated rings. The van der Waals surface area contributed by atoms with Crippen LogP contribution in [0.1, 0.15) is 43.2 Å². The van der Waals surface area contributed by atoms with E-state index in [0.717, 1.165) is 22.2 Å². The molecular formula is C26H26ClN5. The summed E-state index contributed by atoms with van der Waals surface area (Å²) in [6.07, 6.45) is 4.32. The van der Waals surface area contributed by atoms with Gasteiger partial charge in [0.25, 0.3) is 0 Å². The summed E-state index contributed by atoms with van der Waals surface area (Å²) in [5.41, 5.74) is 7.63. The predicted octanol–water partition coefficient (Wildman–Crippen LogP) is 6.04. The Hall–Kier alpha value is -3.18. The van der Waals surface area contributed by atoms with E-state index < -0.39 is 0 Å². The summed E-state index contributed by atoms with van der Waals surface area (Å²) in [6.45, 7) is 9.93. The number of aryl methyl sites for hydroxylation is 1. The van der Waals surface area contributed by atoms with Crippen molar-refractivity contribution in [3.63, 3.8) is 0 Å². The van der Waals surface area contributed by atoms with Gasteiger partial charge >= 0.3 is 0 Å². The van der Waals surface area contributed by atoms with Crippen LogP contribution in [0.3, 0.4) is 0 Å². The molecule has 2 aromatic heterocycles. The second-order valence-corrected chi connectivity index (χ2v) is 9.48. The highest BCUT2D eigenvalue weighted by molar-refractivity contribution is 6.30. The summed E-state index contributed by atoms with van der Waals surface area (Å²) in [6, 6.07) is 16.8. The largest absolute Gasteiger partial charge is 0.356 e. The highest BCUT2D eigenvalue weighted by Crippen LogP contribution is 2.39. The first-order valence-corrected chi connectivity index (χ1v) is 11.2. The third-order valence-electron chi connectivity index (χ3n) is 6.12. The van der Waals surface area contributed by atoms with Crippen LogP contribution in [0, 0.1) is 6.92 Å². The summed E-state index contributed by atoms with van der Waals surface area (Å²) in [4.78, 5) is 6.94. The van der Waals surface area contributed by atoms with Gasteiger partial charge < -0.3 is 4.90 Å². The molecule has 0 bridgehead atoms. The number of fused-ring (bicyclic) bond motifs is 2. The van der Waals surface area contributed by atoms with E-state index in [0.29, 0.717) is 18.2 Å². The first kappa shape index (κ1) is 20.7. The van der Waals surface area contributed by atoms with Gasteiger partial charge in [-0.3, -0.25) is 0 Å². The zero-order chi connectivity index (χ0) is 22.5. The second kappa shape index (κ2) is 7.75. The maximum Gasteiger partial charge on any atom is 0.134 e. The summed E-state index contributed by atoms with van der Waals surface area (Å²) in [5, 5.41) is 10.4. The molecule has 0 aliphatic carbocycles. The lowest BCUT2D eigenvalue weighted by atomic mass is 9.89. The summed E-state index contributed by atoms with van der Waals surface area (Å²) in [7, 11) is 0. The van der Waals surface area contributed by atoms with Crippen LogP contribution in [-0.2, 0) is 13.1 Å². The number of pyridine rings is 1. The van der Waals surface area contributed by atoms with Gasteiger partial charge in [-0.25, -0.2) is 9.67 Å². The minimum absolute atomic E-state index is 0.119. The van der Waals surface area contributed by atoms with Crippen LogP contribution < -0.4 is 4.90 Å². The molecule has 3 heterocycles. The van der Waals surface area contributed by atoms with E-state index in [1.807, 2.05) is 23.0 Å². The Kier molecular flexibility index (Phi) is 5.01. The maximum absolute atomic E-state index is 6.48. The predicted molar refractivity (Wildman–Crippen MR) is 131 cm³/mol. The van der Waals surface area contributed by atoms with Crippen LogP contribution in [0.5, 0.6) is 0 Å². The summed E-state index contributed by atoms with van der Waals surface area (Å²) < 4.78 is 1.84. The van der Waals surface area contributed by atoms with Crippen molar-refractivity contribution in [1.29, 1.82) is 0 Å². The number of rotatable bonds is 4. The van der Waals surface area contributed by atoms with Crippen molar-refractivity contribution in [3.8, 4) is 0 Å². The van der Waals surface area contributed by atoms with Crippen LogP contribution in [0.25, 0.3) is 16.5 Å². The molecule has 6 heteroatoms. The fraction of sp³-hybridized carbons (Fsp3) is 0.269. The van der Waals surface area contributed by atoms with Crippen LogP contribution in [0.15, 0.2) is 60.8 Å². The number of nitrogens with zero attached hydrogens (tertiary/aromatic N) is 5. The molecule has 5 rings (SSSR count). The minimum Gasteiger partial charge on any atom is -0.356 e. The van der Waals surface area contributed by atoms with Crippen LogP contribution in [0.2, 0.25) is 5.15 Å². The van der Waals surface area contributed by atoms with Crippen molar-refractivity contribution in [2.45, 2.75) is 46.3 Å². The van der Waals surface area contributed by atoms with E-state index in [2.05, 4.69) is 90.4 Å². The number of hydrogen-bond donors (Lipinski definition) is 0. The van der Waals surface area contributed by atoms with Crippen molar-refractivity contribution in [2.24, 2.45) is 0 Å². The van der Waals surface area contributed by atoms with E-state index in [-0.39, 0.29) is 5.54 Å². The molecule has 0 amide bonds. The highest BCUT2D eigenvalue weighted by atomic mass is 35.5. The molecule has 0 spiro atoms. The van der Waals surface area contributed by atoms with Gasteiger partial charge in [-0.15, -0.1) is 5.10 Å². The smallest absolute Gasteiger partial charge is 0.134 e. The number of allylic oxidation sites excluding steroid dienone is 1. The van der Waals surface area contributed by atoms with Crippen molar-refractivity contribution in [3.05, 3.63) is 88.3 Å². The molecule has 0 unspecified atom stereocenters. The molecule has 5 nitrogen and oxygen atoms in total. The van der Waals surface area contributed by atoms with Gasteiger partial charge in [0.05, 0.1) is 30.3 Å². The van der Waals surface area contributed by atoms with E-state index in [1.54, 1.807) is 0 Å². The normalized spacial score (nSPS) is 15.0. The van der Waals surface area contributed by atoms with Gasteiger partial charge in [-0.1, -0.05) is 52.7 Å². The van der Waals surface area contributed by atoms with E-state index in [9.17, 15) is 0 Å². The first-order chi connectivity index (χ1) is 15.3. The maximum atomic E-state index is 6.48. The molecule has 0 radical (unpaired) electrons. The van der Waals surface area contributed by atoms with Crippen molar-refractivity contribution in [2.75, 3.05) is 4.90 Å². The first-order valence-electron chi connectivity index (χ1n) is 10.8. The Bertz CT molecular complexity index is 1350. The van der Waals surface area contributed by atoms with Crippen molar-refractivity contribution in [1.82, 2.24) is 20.0 Å². The Balaban J connectivity index is 1.41. The van der Waals surface area contributed by atoms with Crippen LogP contribution >= 0.6 is 11.6 Å². The van der Waals surface area contributed by atoms with E-state index in [4.69, 9.17) is 11.6 Å². The zero-order valence-electron chi connectivity index (χ0n) is 18.8. The van der Waals surface area contributed by atoms with Gasteiger partial charge in [0.2, 0.25) is 0 Å². The molecule has 32 heavy (non-hydrogen) atoms. The molecule has 162 valence electrons. The second-order valence-electron chi connectivity index (χ2n) is 9.13. The minimum atomic E-state index is -0.119. The third kappa shape index (κ3) is 3.78. The number of hydrogen-bond acceptors (Lipinski definition) is 4. The Morgan fingerprint density at radius 3 is 2.66 bits per heavy atom.